The maximum Gasteiger partial charge on any atom is 0.189 e. The first-order valence-electron chi connectivity index (χ1n) is 4.64. The van der Waals surface area contributed by atoms with Crippen molar-refractivity contribution < 1.29 is 19.2 Å². The number of allylic oxidation sites excluding steroid dienone is 4. The van der Waals surface area contributed by atoms with Crippen LogP contribution in [0.15, 0.2) is 36.5 Å². The van der Waals surface area contributed by atoms with Crippen LogP contribution in [0.4, 0.5) is 0 Å². The van der Waals surface area contributed by atoms with Crippen LogP contribution in [0.1, 0.15) is 12.8 Å². The van der Waals surface area contributed by atoms with Crippen LogP contribution in [-0.4, -0.2) is 23.1 Å². The van der Waals surface area contributed by atoms with E-state index in [1.165, 1.54) is 12.2 Å². The molecule has 0 radical (unpaired) electrons. The van der Waals surface area contributed by atoms with Crippen molar-refractivity contribution in [3.63, 3.8) is 0 Å². The molecule has 0 atom stereocenters. The third kappa shape index (κ3) is 2.48. The lowest BCUT2D eigenvalue weighted by Crippen LogP contribution is -1.97. The van der Waals surface area contributed by atoms with E-state index in [1.807, 2.05) is 0 Å². The van der Waals surface area contributed by atoms with Crippen molar-refractivity contribution in [3.8, 4) is 0 Å². The Hall–Kier alpha value is -2.10. The third-order valence-corrected chi connectivity index (χ3v) is 2.23. The van der Waals surface area contributed by atoms with Crippen LogP contribution >= 0.6 is 0 Å². The monoisotopic (exact) mass is 218 g/mol. The van der Waals surface area contributed by atoms with Gasteiger partial charge in [-0.2, -0.15) is 0 Å². The average Bonchev–Trinajstić information content (AvgIpc) is 2.70. The van der Waals surface area contributed by atoms with E-state index >= 15 is 0 Å². The van der Waals surface area contributed by atoms with Gasteiger partial charge in [-0.1, -0.05) is 13.2 Å². The quantitative estimate of drug-likeness (QED) is 0.444. The van der Waals surface area contributed by atoms with Crippen molar-refractivity contribution in [3.05, 3.63) is 36.5 Å². The minimum absolute atomic E-state index is 0.0741. The summed E-state index contributed by atoms with van der Waals surface area (Å²) in [5.41, 5.74) is 0.259. The Labute approximate surface area is 92.3 Å². The maximum absolute atomic E-state index is 10.5. The number of Topliss-reactive ketones (excluding diaryl/α,β-unsaturated/α-hetero) is 2. The van der Waals surface area contributed by atoms with Gasteiger partial charge < -0.3 is 0 Å². The fourth-order valence-electron chi connectivity index (χ4n) is 1.16. The van der Waals surface area contributed by atoms with Crippen molar-refractivity contribution in [2.24, 2.45) is 0 Å². The van der Waals surface area contributed by atoms with E-state index in [0.29, 0.717) is 12.8 Å². The van der Waals surface area contributed by atoms with E-state index in [2.05, 4.69) is 13.2 Å². The second kappa shape index (κ2) is 4.61. The summed E-state index contributed by atoms with van der Waals surface area (Å²) in [4.78, 5) is 41.7. The van der Waals surface area contributed by atoms with Crippen LogP contribution < -0.4 is 0 Å². The van der Waals surface area contributed by atoms with Crippen LogP contribution in [0, 0.1) is 0 Å². The summed E-state index contributed by atoms with van der Waals surface area (Å²) in [5.74, 6) is -0.713. The normalized spacial score (nSPS) is 19.2. The van der Waals surface area contributed by atoms with Gasteiger partial charge in [0.1, 0.15) is 0 Å². The van der Waals surface area contributed by atoms with Gasteiger partial charge in [0.2, 0.25) is 0 Å². The second-order valence-electron chi connectivity index (χ2n) is 3.37. The molecular formula is C12H10O4. The summed E-state index contributed by atoms with van der Waals surface area (Å²) < 4.78 is 0. The molecule has 0 saturated heterocycles. The lowest BCUT2D eigenvalue weighted by atomic mass is 10.2. The molecule has 0 aromatic carbocycles. The zero-order chi connectivity index (χ0) is 12.3. The van der Waals surface area contributed by atoms with E-state index in [4.69, 9.17) is 0 Å². The number of hydrogen-bond acceptors (Lipinski definition) is 4. The number of carbonyl (C=O) groups excluding carboxylic acids is 4. The van der Waals surface area contributed by atoms with Gasteiger partial charge in [-0.25, -0.2) is 0 Å². The molecule has 4 heteroatoms. The highest BCUT2D eigenvalue weighted by atomic mass is 16.2. The number of carbonyl (C=O) groups is 4. The fourth-order valence-corrected chi connectivity index (χ4v) is 1.16. The largest absolute Gasteiger partial charge is 0.294 e. The molecule has 0 spiro atoms. The maximum atomic E-state index is 10.5. The molecule has 4 nitrogen and oxygen atoms in total. The Kier molecular flexibility index (Phi) is 3.45. The van der Waals surface area contributed by atoms with Gasteiger partial charge in [-0.15, -0.1) is 0 Å². The summed E-state index contributed by atoms with van der Waals surface area (Å²) in [5, 5.41) is 0. The molecular weight excluding hydrogens is 208 g/mol. The summed E-state index contributed by atoms with van der Waals surface area (Å²) >= 11 is 0. The fraction of sp³-hybridized carbons (Fsp3) is 0.167. The smallest absolute Gasteiger partial charge is 0.189 e. The minimum atomic E-state index is -0.269. The zero-order valence-electron chi connectivity index (χ0n) is 8.62. The average molecular weight is 218 g/mol. The van der Waals surface area contributed by atoms with Crippen LogP contribution in [-0.2, 0) is 19.2 Å². The first-order chi connectivity index (χ1) is 7.43. The molecule has 0 N–H and O–H groups in total. The van der Waals surface area contributed by atoms with Crippen molar-refractivity contribution in [1.29, 1.82) is 0 Å². The summed E-state index contributed by atoms with van der Waals surface area (Å²) in [7, 11) is 0. The Morgan fingerprint density at radius 3 is 1.25 bits per heavy atom. The molecule has 0 unspecified atom stereocenters. The van der Waals surface area contributed by atoms with Gasteiger partial charge in [0.25, 0.3) is 0 Å². The van der Waals surface area contributed by atoms with Gasteiger partial charge in [0, 0.05) is 12.8 Å². The van der Waals surface area contributed by atoms with Gasteiger partial charge >= 0.3 is 0 Å². The van der Waals surface area contributed by atoms with Crippen molar-refractivity contribution in [1.82, 2.24) is 0 Å². The van der Waals surface area contributed by atoms with Crippen molar-refractivity contribution in [2.75, 3.05) is 0 Å². The predicted octanol–water partition coefficient (Wildman–Crippen LogP) is 0.725. The van der Waals surface area contributed by atoms with E-state index in [9.17, 15) is 19.2 Å². The Balaban J connectivity index is 0.000000160. The summed E-state index contributed by atoms with van der Waals surface area (Å²) in [6.07, 6.45) is 3.20. The molecule has 0 heterocycles. The van der Waals surface area contributed by atoms with E-state index in [-0.39, 0.29) is 34.3 Å². The molecule has 0 bridgehead atoms. The molecule has 1 saturated carbocycles. The molecule has 16 heavy (non-hydrogen) atoms. The first kappa shape index (κ1) is 12.0. The minimum Gasteiger partial charge on any atom is -0.294 e. The Morgan fingerprint density at radius 2 is 1.12 bits per heavy atom. The molecule has 2 aliphatic carbocycles. The lowest BCUT2D eigenvalue weighted by molar-refractivity contribution is -0.117. The van der Waals surface area contributed by atoms with Crippen molar-refractivity contribution >= 4 is 23.1 Å². The Bertz CT molecular complexity index is 412. The molecule has 0 aliphatic heterocycles. The molecule has 0 aromatic heterocycles. The molecule has 0 amide bonds. The summed E-state index contributed by atoms with van der Waals surface area (Å²) in [6.45, 7) is 6.57. The van der Waals surface area contributed by atoms with Gasteiger partial charge in [-0.05, 0) is 12.2 Å². The molecule has 0 aromatic rings. The highest BCUT2D eigenvalue weighted by molar-refractivity contribution is 6.32. The summed E-state index contributed by atoms with van der Waals surface area (Å²) in [6, 6.07) is 0. The number of rotatable bonds is 0. The van der Waals surface area contributed by atoms with E-state index in [1.54, 1.807) is 0 Å². The van der Waals surface area contributed by atoms with Gasteiger partial charge in [-0.3, -0.25) is 19.2 Å². The molecule has 2 rings (SSSR count). The standard InChI is InChI=1S/C6H6O2.C6H4O2/c2*1-4-5(7)2-3-6(4)8/h1-3H2;2-3H,1H2. The molecule has 82 valence electrons. The highest BCUT2D eigenvalue weighted by Crippen LogP contribution is 2.13. The number of ketones is 4. The second-order valence-corrected chi connectivity index (χ2v) is 3.37. The molecule has 1 fully saturated rings. The molecule has 2 aliphatic rings. The highest BCUT2D eigenvalue weighted by Gasteiger charge is 2.23. The first-order valence-corrected chi connectivity index (χ1v) is 4.64. The predicted molar refractivity (Wildman–Crippen MR) is 56.7 cm³/mol. The Morgan fingerprint density at radius 1 is 0.750 bits per heavy atom. The lowest BCUT2D eigenvalue weighted by Gasteiger charge is -1.81. The van der Waals surface area contributed by atoms with E-state index < -0.39 is 0 Å². The van der Waals surface area contributed by atoms with Crippen LogP contribution in [0.3, 0.4) is 0 Å². The number of hydrogen-bond donors (Lipinski definition) is 0. The third-order valence-electron chi connectivity index (χ3n) is 2.23. The van der Waals surface area contributed by atoms with E-state index in [0.717, 1.165) is 0 Å². The topological polar surface area (TPSA) is 68.3 Å². The van der Waals surface area contributed by atoms with Gasteiger partial charge in [0.15, 0.2) is 23.1 Å². The SMILES string of the molecule is C=C1C(=O)C=CC1=O.C=C1C(=O)CCC1=O. The van der Waals surface area contributed by atoms with Crippen LogP contribution in [0.2, 0.25) is 0 Å². The van der Waals surface area contributed by atoms with Crippen LogP contribution in [0.25, 0.3) is 0 Å². The van der Waals surface area contributed by atoms with Crippen LogP contribution in [0.5, 0.6) is 0 Å². The van der Waals surface area contributed by atoms with Gasteiger partial charge in [0.05, 0.1) is 11.1 Å². The van der Waals surface area contributed by atoms with Crippen molar-refractivity contribution in [2.45, 2.75) is 12.8 Å². The zero-order valence-corrected chi connectivity index (χ0v) is 8.62.